The molecular formula is C28H25BrF3N3O5S. The summed E-state index contributed by atoms with van der Waals surface area (Å²) in [5, 5.41) is 10.6. The number of halogens is 4. The van der Waals surface area contributed by atoms with E-state index in [1.54, 1.807) is 28.8 Å². The second kappa shape index (κ2) is 11.0. The van der Waals surface area contributed by atoms with Gasteiger partial charge in [0.2, 0.25) is 10.0 Å². The van der Waals surface area contributed by atoms with Crippen molar-refractivity contribution in [2.45, 2.75) is 44.8 Å². The lowest BCUT2D eigenvalue weighted by Crippen LogP contribution is -2.16. The molecule has 0 aliphatic heterocycles. The molecule has 0 spiro atoms. The fourth-order valence-corrected chi connectivity index (χ4v) is 6.23. The Morgan fingerprint density at radius 1 is 1.24 bits per heavy atom. The molecule has 0 unspecified atom stereocenters. The van der Waals surface area contributed by atoms with Crippen LogP contribution in [0.2, 0.25) is 0 Å². The van der Waals surface area contributed by atoms with E-state index in [-0.39, 0.29) is 29.9 Å². The molecule has 13 heteroatoms. The largest absolute Gasteiger partial charge is 0.477 e. The molecule has 0 amide bonds. The summed E-state index contributed by atoms with van der Waals surface area (Å²) in [6.45, 7) is 2.22. The number of aryl methyl sites for hydroxylation is 1. The highest BCUT2D eigenvalue weighted by Gasteiger charge is 2.34. The summed E-state index contributed by atoms with van der Waals surface area (Å²) >= 11 is 3.56. The van der Waals surface area contributed by atoms with Crippen molar-refractivity contribution >= 4 is 48.6 Å². The molecule has 1 fully saturated rings. The Balaban J connectivity index is 1.47. The lowest BCUT2D eigenvalue weighted by atomic mass is 10.1. The number of allylic oxidation sites excluding steroid dienone is 1. The van der Waals surface area contributed by atoms with Gasteiger partial charge in [-0.1, -0.05) is 31.2 Å². The van der Waals surface area contributed by atoms with Gasteiger partial charge in [0, 0.05) is 35.9 Å². The average molecular weight is 652 g/mol. The SMILES string of the molecule is CCc1nc(C2CC2)c(C(=O)O)n1Cc1ccc2oc(-c3ccccc3NS(=O)(=O)CC=CC(F)(F)F)c(Br)c2c1. The third kappa shape index (κ3) is 6.35. The van der Waals surface area contributed by atoms with Crippen LogP contribution in [0.5, 0.6) is 0 Å². The van der Waals surface area contributed by atoms with Crippen LogP contribution in [0.25, 0.3) is 22.3 Å². The zero-order valence-corrected chi connectivity index (χ0v) is 24.1. The molecule has 216 valence electrons. The summed E-state index contributed by atoms with van der Waals surface area (Å²) in [5.74, 6) is -0.679. The molecule has 0 saturated heterocycles. The number of imidazole rings is 1. The molecule has 2 aromatic heterocycles. The first-order valence-electron chi connectivity index (χ1n) is 12.7. The minimum atomic E-state index is -4.61. The fourth-order valence-electron chi connectivity index (χ4n) is 4.68. The van der Waals surface area contributed by atoms with Crippen LogP contribution in [0.15, 0.2) is 63.5 Å². The van der Waals surface area contributed by atoms with E-state index in [2.05, 4.69) is 25.6 Å². The van der Waals surface area contributed by atoms with E-state index in [4.69, 9.17) is 4.42 Å². The third-order valence-corrected chi connectivity index (χ3v) is 8.60. The molecule has 2 aromatic carbocycles. The highest BCUT2D eigenvalue weighted by atomic mass is 79.9. The van der Waals surface area contributed by atoms with Gasteiger partial charge in [-0.05, 0) is 58.6 Å². The van der Waals surface area contributed by atoms with Crippen molar-refractivity contribution in [3.8, 4) is 11.3 Å². The highest BCUT2D eigenvalue weighted by molar-refractivity contribution is 9.10. The van der Waals surface area contributed by atoms with E-state index in [1.807, 2.05) is 19.1 Å². The van der Waals surface area contributed by atoms with Crippen LogP contribution in [0.1, 0.15) is 53.3 Å². The van der Waals surface area contributed by atoms with Crippen LogP contribution in [-0.4, -0.2) is 41.0 Å². The Kier molecular flexibility index (Phi) is 7.77. The van der Waals surface area contributed by atoms with E-state index in [1.165, 1.54) is 6.07 Å². The topological polar surface area (TPSA) is 114 Å². The van der Waals surface area contributed by atoms with Gasteiger partial charge in [0.25, 0.3) is 0 Å². The number of carbonyl (C=O) groups is 1. The standard InChI is InChI=1S/C28H25BrF3N3O5S/c1-2-22-33-24(17-9-10-17)25(27(36)37)35(22)15-16-8-11-21-19(14-16)23(29)26(40-21)18-6-3-4-7-20(18)34-41(38,39)13-5-12-28(30,31)32/h3-8,11-12,14,17,34H,2,9-10,13,15H2,1H3,(H,36,37). The number of nitrogens with one attached hydrogen (secondary N) is 1. The van der Waals surface area contributed by atoms with Crippen LogP contribution in [0.3, 0.4) is 0 Å². The second-order valence-corrected chi connectivity index (χ2v) is 12.3. The van der Waals surface area contributed by atoms with E-state index >= 15 is 0 Å². The minimum absolute atomic E-state index is 0.120. The number of aromatic carboxylic acids is 1. The maximum Gasteiger partial charge on any atom is 0.409 e. The predicted octanol–water partition coefficient (Wildman–Crippen LogP) is 7.11. The molecular weight excluding hydrogens is 627 g/mol. The number of rotatable bonds is 10. The summed E-state index contributed by atoms with van der Waals surface area (Å²) in [5.41, 5.74) is 2.67. The van der Waals surface area contributed by atoms with Gasteiger partial charge in [-0.15, -0.1) is 0 Å². The van der Waals surface area contributed by atoms with Crippen molar-refractivity contribution in [2.75, 3.05) is 10.5 Å². The molecule has 41 heavy (non-hydrogen) atoms. The number of nitrogens with zero attached hydrogens (tertiary/aromatic N) is 2. The first-order chi connectivity index (χ1) is 19.4. The van der Waals surface area contributed by atoms with Crippen molar-refractivity contribution < 1.29 is 35.9 Å². The van der Waals surface area contributed by atoms with Gasteiger partial charge in [-0.3, -0.25) is 4.72 Å². The van der Waals surface area contributed by atoms with Crippen LogP contribution in [0.4, 0.5) is 18.9 Å². The molecule has 1 saturated carbocycles. The van der Waals surface area contributed by atoms with Gasteiger partial charge in [0.15, 0.2) is 11.5 Å². The molecule has 0 radical (unpaired) electrons. The normalized spacial score (nSPS) is 14.3. The van der Waals surface area contributed by atoms with Crippen molar-refractivity contribution in [3.05, 3.63) is 81.9 Å². The highest BCUT2D eigenvalue weighted by Crippen LogP contribution is 2.43. The summed E-state index contributed by atoms with van der Waals surface area (Å²) in [4.78, 5) is 16.8. The number of furan rings is 1. The Labute approximate surface area is 242 Å². The quantitative estimate of drug-likeness (QED) is 0.177. The number of sulfonamides is 1. The number of carboxylic acids is 1. The van der Waals surface area contributed by atoms with Gasteiger partial charge >= 0.3 is 12.1 Å². The van der Waals surface area contributed by atoms with E-state index in [9.17, 15) is 31.5 Å². The van der Waals surface area contributed by atoms with Crippen molar-refractivity contribution in [2.24, 2.45) is 0 Å². The van der Waals surface area contributed by atoms with Gasteiger partial charge in [-0.25, -0.2) is 18.2 Å². The summed E-state index contributed by atoms with van der Waals surface area (Å²) in [6.07, 6.45) is -1.76. The molecule has 1 aliphatic carbocycles. The number of aromatic nitrogens is 2. The molecule has 0 bridgehead atoms. The van der Waals surface area contributed by atoms with Gasteiger partial charge in [0.1, 0.15) is 11.4 Å². The first kappa shape index (κ1) is 28.9. The maximum atomic E-state index is 12.5. The Bertz CT molecular complexity index is 1770. The minimum Gasteiger partial charge on any atom is -0.477 e. The van der Waals surface area contributed by atoms with Crippen LogP contribution in [0, 0.1) is 0 Å². The molecule has 8 nitrogen and oxygen atoms in total. The number of hydrogen-bond donors (Lipinski definition) is 2. The molecule has 2 N–H and O–H groups in total. The average Bonchev–Trinajstić information content (AvgIpc) is 3.60. The van der Waals surface area contributed by atoms with E-state index < -0.39 is 27.9 Å². The van der Waals surface area contributed by atoms with E-state index in [0.717, 1.165) is 18.4 Å². The summed E-state index contributed by atoms with van der Waals surface area (Å²) in [6, 6.07) is 11.8. The molecule has 5 rings (SSSR count). The van der Waals surface area contributed by atoms with Crippen molar-refractivity contribution in [1.82, 2.24) is 9.55 Å². The number of hydrogen-bond acceptors (Lipinski definition) is 5. The lowest BCUT2D eigenvalue weighted by Gasteiger charge is -2.11. The summed E-state index contributed by atoms with van der Waals surface area (Å²) < 4.78 is 72.9. The zero-order valence-electron chi connectivity index (χ0n) is 21.7. The van der Waals surface area contributed by atoms with Crippen LogP contribution < -0.4 is 4.72 Å². The zero-order chi connectivity index (χ0) is 29.5. The Morgan fingerprint density at radius 2 is 1.98 bits per heavy atom. The number of alkyl halides is 3. The second-order valence-electron chi connectivity index (χ2n) is 9.73. The lowest BCUT2D eigenvalue weighted by molar-refractivity contribution is -0.0799. The van der Waals surface area contributed by atoms with Gasteiger partial charge < -0.3 is 14.1 Å². The van der Waals surface area contributed by atoms with Gasteiger partial charge in [0.05, 0.1) is 21.6 Å². The van der Waals surface area contributed by atoms with E-state index in [0.29, 0.717) is 50.8 Å². The molecule has 2 heterocycles. The predicted molar refractivity (Wildman–Crippen MR) is 152 cm³/mol. The van der Waals surface area contributed by atoms with Gasteiger partial charge in [-0.2, -0.15) is 13.2 Å². The van der Waals surface area contributed by atoms with Crippen LogP contribution >= 0.6 is 15.9 Å². The first-order valence-corrected chi connectivity index (χ1v) is 15.2. The number of anilines is 1. The molecule has 1 aliphatic rings. The smallest absolute Gasteiger partial charge is 0.409 e. The van der Waals surface area contributed by atoms with Crippen molar-refractivity contribution in [3.63, 3.8) is 0 Å². The Morgan fingerprint density at radius 3 is 2.63 bits per heavy atom. The molecule has 4 aromatic rings. The number of para-hydroxylation sites is 1. The third-order valence-electron chi connectivity index (χ3n) is 6.65. The Hall–Kier alpha value is -3.58. The van der Waals surface area contributed by atoms with Crippen molar-refractivity contribution in [1.29, 1.82) is 0 Å². The summed E-state index contributed by atoms with van der Waals surface area (Å²) in [7, 11) is -4.14. The fraction of sp³-hybridized carbons (Fsp3) is 0.286. The number of carboxylic acid groups (broad SMARTS) is 1. The van der Waals surface area contributed by atoms with Crippen LogP contribution in [-0.2, 0) is 23.0 Å². The molecule has 0 atom stereocenters. The monoisotopic (exact) mass is 651 g/mol. The number of fused-ring (bicyclic) bond motifs is 1. The number of benzene rings is 2. The maximum absolute atomic E-state index is 12.5.